The third-order valence-electron chi connectivity index (χ3n) is 2.41. The summed E-state index contributed by atoms with van der Waals surface area (Å²) in [6.07, 6.45) is 2.80. The Morgan fingerprint density at radius 2 is 2.12 bits per heavy atom. The van der Waals surface area contributed by atoms with E-state index in [1.807, 2.05) is 0 Å². The standard InChI is InChI=1S/C10H13N3O3/c14-10(15)9-6-11-8(5-12-9)7-13-1-3-16-4-2-13/h5-6H,1-4,7H2,(H,14,15). The topological polar surface area (TPSA) is 75.5 Å². The van der Waals surface area contributed by atoms with Gasteiger partial charge in [-0.1, -0.05) is 0 Å². The lowest BCUT2D eigenvalue weighted by Gasteiger charge is -2.25. The van der Waals surface area contributed by atoms with Gasteiger partial charge in [-0.25, -0.2) is 9.78 Å². The summed E-state index contributed by atoms with van der Waals surface area (Å²) in [5.74, 6) is -1.05. The Hall–Kier alpha value is -1.53. The molecule has 1 aliphatic rings. The molecule has 86 valence electrons. The summed E-state index contributed by atoms with van der Waals surface area (Å²) in [6.45, 7) is 3.92. The van der Waals surface area contributed by atoms with Gasteiger partial charge in [-0.2, -0.15) is 0 Å². The lowest BCUT2D eigenvalue weighted by Crippen LogP contribution is -2.35. The molecule has 0 saturated carbocycles. The average molecular weight is 223 g/mol. The molecule has 1 N–H and O–H groups in total. The third-order valence-corrected chi connectivity index (χ3v) is 2.41. The van der Waals surface area contributed by atoms with Crippen molar-refractivity contribution in [1.29, 1.82) is 0 Å². The highest BCUT2D eigenvalue weighted by atomic mass is 16.5. The molecule has 16 heavy (non-hydrogen) atoms. The first kappa shape index (κ1) is 11.0. The van der Waals surface area contributed by atoms with E-state index < -0.39 is 5.97 Å². The van der Waals surface area contributed by atoms with Gasteiger partial charge in [0.1, 0.15) is 0 Å². The predicted molar refractivity (Wildman–Crippen MR) is 55.1 cm³/mol. The number of aromatic nitrogens is 2. The third kappa shape index (κ3) is 2.74. The molecule has 1 aliphatic heterocycles. The Bertz CT molecular complexity index is 360. The van der Waals surface area contributed by atoms with Crippen molar-refractivity contribution in [3.8, 4) is 0 Å². The number of aromatic carboxylic acids is 1. The van der Waals surface area contributed by atoms with Crippen LogP contribution in [0, 0.1) is 0 Å². The molecule has 0 aliphatic carbocycles. The van der Waals surface area contributed by atoms with Gasteiger partial charge in [0.2, 0.25) is 0 Å². The van der Waals surface area contributed by atoms with Crippen LogP contribution in [0.2, 0.25) is 0 Å². The van der Waals surface area contributed by atoms with E-state index >= 15 is 0 Å². The lowest BCUT2D eigenvalue weighted by atomic mass is 10.3. The molecule has 0 radical (unpaired) electrons. The number of carboxylic acid groups (broad SMARTS) is 1. The number of nitrogens with zero attached hydrogens (tertiary/aromatic N) is 3. The van der Waals surface area contributed by atoms with Crippen molar-refractivity contribution < 1.29 is 14.6 Å². The Morgan fingerprint density at radius 3 is 2.69 bits per heavy atom. The zero-order chi connectivity index (χ0) is 11.4. The molecule has 0 spiro atoms. The van der Waals surface area contributed by atoms with Crippen LogP contribution in [0.3, 0.4) is 0 Å². The average Bonchev–Trinajstić information content (AvgIpc) is 2.31. The highest BCUT2D eigenvalue weighted by Crippen LogP contribution is 2.04. The molecular formula is C10H13N3O3. The monoisotopic (exact) mass is 223 g/mol. The maximum atomic E-state index is 10.6. The molecule has 1 aromatic rings. The maximum Gasteiger partial charge on any atom is 0.356 e. The molecule has 0 unspecified atom stereocenters. The molecule has 0 aromatic carbocycles. The highest BCUT2D eigenvalue weighted by Gasteiger charge is 2.12. The van der Waals surface area contributed by atoms with Crippen LogP contribution in [0.5, 0.6) is 0 Å². The summed E-state index contributed by atoms with van der Waals surface area (Å²) >= 11 is 0. The zero-order valence-electron chi connectivity index (χ0n) is 8.80. The molecule has 6 heteroatoms. The van der Waals surface area contributed by atoms with Crippen molar-refractivity contribution in [2.45, 2.75) is 6.54 Å². The Balaban J connectivity index is 1.96. The molecule has 2 rings (SSSR count). The number of hydrogen-bond donors (Lipinski definition) is 1. The Kier molecular flexibility index (Phi) is 3.43. The van der Waals surface area contributed by atoms with Gasteiger partial charge < -0.3 is 9.84 Å². The van der Waals surface area contributed by atoms with Crippen LogP contribution >= 0.6 is 0 Å². The van der Waals surface area contributed by atoms with Crippen LogP contribution in [-0.2, 0) is 11.3 Å². The summed E-state index contributed by atoms with van der Waals surface area (Å²) in [5, 5.41) is 8.67. The minimum atomic E-state index is -1.05. The van der Waals surface area contributed by atoms with E-state index in [2.05, 4.69) is 14.9 Å². The quantitative estimate of drug-likeness (QED) is 0.777. The van der Waals surface area contributed by atoms with E-state index in [-0.39, 0.29) is 5.69 Å². The molecular weight excluding hydrogens is 210 g/mol. The minimum Gasteiger partial charge on any atom is -0.476 e. The fraction of sp³-hybridized carbons (Fsp3) is 0.500. The van der Waals surface area contributed by atoms with Gasteiger partial charge in [0.25, 0.3) is 0 Å². The van der Waals surface area contributed by atoms with E-state index in [1.165, 1.54) is 12.4 Å². The normalized spacial score (nSPS) is 17.2. The zero-order valence-corrected chi connectivity index (χ0v) is 8.80. The molecule has 0 atom stereocenters. The fourth-order valence-corrected chi connectivity index (χ4v) is 1.54. The van der Waals surface area contributed by atoms with E-state index in [4.69, 9.17) is 9.84 Å². The Morgan fingerprint density at radius 1 is 1.38 bits per heavy atom. The highest BCUT2D eigenvalue weighted by molar-refractivity contribution is 5.84. The summed E-state index contributed by atoms with van der Waals surface area (Å²) in [6, 6.07) is 0. The summed E-state index contributed by atoms with van der Waals surface area (Å²) < 4.78 is 5.23. The van der Waals surface area contributed by atoms with Crippen LogP contribution in [-0.4, -0.2) is 52.2 Å². The van der Waals surface area contributed by atoms with Crippen molar-refractivity contribution in [2.75, 3.05) is 26.3 Å². The Labute approximate surface area is 92.9 Å². The first-order valence-electron chi connectivity index (χ1n) is 5.10. The number of hydrogen-bond acceptors (Lipinski definition) is 5. The lowest BCUT2D eigenvalue weighted by molar-refractivity contribution is 0.0336. The largest absolute Gasteiger partial charge is 0.476 e. The number of ether oxygens (including phenoxy) is 1. The van der Waals surface area contributed by atoms with E-state index in [1.54, 1.807) is 0 Å². The summed E-state index contributed by atoms with van der Waals surface area (Å²) in [5.41, 5.74) is 0.762. The molecule has 2 heterocycles. The molecule has 0 amide bonds. The second kappa shape index (κ2) is 5.00. The van der Waals surface area contributed by atoms with Crippen molar-refractivity contribution in [2.24, 2.45) is 0 Å². The van der Waals surface area contributed by atoms with Crippen molar-refractivity contribution in [1.82, 2.24) is 14.9 Å². The first-order chi connectivity index (χ1) is 7.75. The van der Waals surface area contributed by atoms with Gasteiger partial charge in [-0.3, -0.25) is 9.88 Å². The van der Waals surface area contributed by atoms with Crippen molar-refractivity contribution >= 4 is 5.97 Å². The van der Waals surface area contributed by atoms with Gasteiger partial charge in [0.15, 0.2) is 5.69 Å². The fourth-order valence-electron chi connectivity index (χ4n) is 1.54. The number of rotatable bonds is 3. The van der Waals surface area contributed by atoms with Crippen LogP contribution in [0.4, 0.5) is 0 Å². The van der Waals surface area contributed by atoms with Gasteiger partial charge >= 0.3 is 5.97 Å². The van der Waals surface area contributed by atoms with E-state index in [0.717, 1.165) is 32.0 Å². The molecule has 1 saturated heterocycles. The molecule has 0 bridgehead atoms. The molecule has 1 aromatic heterocycles. The SMILES string of the molecule is O=C(O)c1cnc(CN2CCOCC2)cn1. The molecule has 1 fully saturated rings. The van der Waals surface area contributed by atoms with E-state index in [9.17, 15) is 4.79 Å². The van der Waals surface area contributed by atoms with E-state index in [0.29, 0.717) is 6.54 Å². The van der Waals surface area contributed by atoms with Crippen LogP contribution < -0.4 is 0 Å². The second-order valence-corrected chi connectivity index (χ2v) is 3.59. The van der Waals surface area contributed by atoms with Gasteiger partial charge in [0, 0.05) is 19.6 Å². The van der Waals surface area contributed by atoms with Gasteiger partial charge in [-0.15, -0.1) is 0 Å². The number of carbonyl (C=O) groups is 1. The number of carboxylic acids is 1. The van der Waals surface area contributed by atoms with Crippen LogP contribution in [0.25, 0.3) is 0 Å². The minimum absolute atomic E-state index is 0.0225. The first-order valence-corrected chi connectivity index (χ1v) is 5.10. The molecule has 6 nitrogen and oxygen atoms in total. The summed E-state index contributed by atoms with van der Waals surface area (Å²) in [4.78, 5) is 20.7. The smallest absolute Gasteiger partial charge is 0.356 e. The number of morpholine rings is 1. The van der Waals surface area contributed by atoms with Crippen LogP contribution in [0.15, 0.2) is 12.4 Å². The van der Waals surface area contributed by atoms with Crippen molar-refractivity contribution in [3.63, 3.8) is 0 Å². The predicted octanol–water partition coefficient (Wildman–Crippen LogP) is 0.00700. The maximum absolute atomic E-state index is 10.6. The van der Waals surface area contributed by atoms with Crippen molar-refractivity contribution in [3.05, 3.63) is 23.8 Å². The van der Waals surface area contributed by atoms with Gasteiger partial charge in [-0.05, 0) is 0 Å². The summed E-state index contributed by atoms with van der Waals surface area (Å²) in [7, 11) is 0. The van der Waals surface area contributed by atoms with Gasteiger partial charge in [0.05, 0.1) is 31.3 Å². The second-order valence-electron chi connectivity index (χ2n) is 3.59. The van der Waals surface area contributed by atoms with Crippen LogP contribution in [0.1, 0.15) is 16.2 Å².